The van der Waals surface area contributed by atoms with Crippen LogP contribution in [-0.4, -0.2) is 20.9 Å². The van der Waals surface area contributed by atoms with Crippen LogP contribution in [-0.2, 0) is 0 Å². The first kappa shape index (κ1) is 11.9. The number of terminal acetylenes is 1. The number of H-pyrrole nitrogens is 1. The predicted octanol–water partition coefficient (Wildman–Crippen LogP) is 2.29. The first-order valence-corrected chi connectivity index (χ1v) is 5.51. The van der Waals surface area contributed by atoms with E-state index in [9.17, 15) is 10.1 Å². The summed E-state index contributed by atoms with van der Waals surface area (Å²) in [6.07, 6.45) is 6.12. The zero-order valence-corrected chi connectivity index (χ0v) is 9.80. The Hall–Kier alpha value is -2.55. The molecule has 0 fully saturated rings. The van der Waals surface area contributed by atoms with Crippen molar-refractivity contribution in [2.24, 2.45) is 0 Å². The molecule has 6 nitrogen and oxygen atoms in total. The number of aromatic amines is 1. The number of fused-ring (bicyclic) bond motifs is 1. The van der Waals surface area contributed by atoms with E-state index in [1.807, 2.05) is 6.92 Å². The van der Waals surface area contributed by atoms with Crippen LogP contribution in [0, 0.1) is 22.5 Å². The molecule has 1 heterocycles. The molecule has 0 radical (unpaired) electrons. The van der Waals surface area contributed by atoms with Crippen molar-refractivity contribution < 1.29 is 4.92 Å². The maximum atomic E-state index is 10.7. The van der Waals surface area contributed by atoms with Crippen molar-refractivity contribution in [1.29, 1.82) is 0 Å². The molecular weight excluding hydrogens is 232 g/mol. The zero-order valence-electron chi connectivity index (χ0n) is 9.80. The third-order valence-electron chi connectivity index (χ3n) is 2.60. The normalized spacial score (nSPS) is 12.0. The van der Waals surface area contributed by atoms with Crippen molar-refractivity contribution in [3.05, 3.63) is 28.3 Å². The fourth-order valence-corrected chi connectivity index (χ4v) is 1.61. The van der Waals surface area contributed by atoms with Gasteiger partial charge in [-0.25, -0.2) is 4.98 Å². The zero-order chi connectivity index (χ0) is 13.1. The van der Waals surface area contributed by atoms with Crippen molar-refractivity contribution in [3.8, 4) is 12.3 Å². The number of hydrogen-bond acceptors (Lipinski definition) is 4. The van der Waals surface area contributed by atoms with Crippen molar-refractivity contribution in [1.82, 2.24) is 9.97 Å². The van der Waals surface area contributed by atoms with E-state index in [2.05, 4.69) is 21.2 Å². The van der Waals surface area contributed by atoms with E-state index in [0.29, 0.717) is 17.0 Å². The van der Waals surface area contributed by atoms with E-state index in [-0.39, 0.29) is 11.7 Å². The number of hydrogen-bond donors (Lipinski definition) is 2. The number of nitrogens with one attached hydrogen (secondary N) is 2. The first-order chi connectivity index (χ1) is 8.63. The second-order valence-electron chi connectivity index (χ2n) is 3.82. The number of nitro benzene ring substituents is 1. The Morgan fingerprint density at radius 2 is 2.44 bits per heavy atom. The van der Waals surface area contributed by atoms with Crippen LogP contribution < -0.4 is 5.32 Å². The smallest absolute Gasteiger partial charge is 0.271 e. The predicted molar refractivity (Wildman–Crippen MR) is 69.3 cm³/mol. The molecule has 0 aliphatic heterocycles. The van der Waals surface area contributed by atoms with Crippen LogP contribution in [0.5, 0.6) is 0 Å². The molecule has 1 aromatic heterocycles. The van der Waals surface area contributed by atoms with Crippen LogP contribution in [0.2, 0.25) is 0 Å². The van der Waals surface area contributed by atoms with Crippen LogP contribution in [0.15, 0.2) is 18.2 Å². The van der Waals surface area contributed by atoms with E-state index in [4.69, 9.17) is 6.42 Å². The molecule has 1 atom stereocenters. The summed E-state index contributed by atoms with van der Waals surface area (Å²) in [5.74, 6) is 3.12. The number of benzene rings is 1. The van der Waals surface area contributed by atoms with Gasteiger partial charge in [0, 0.05) is 12.1 Å². The monoisotopic (exact) mass is 244 g/mol. The molecule has 0 saturated carbocycles. The summed E-state index contributed by atoms with van der Waals surface area (Å²) in [5.41, 5.74) is 1.30. The highest BCUT2D eigenvalue weighted by atomic mass is 16.6. The molecule has 0 aliphatic rings. The highest BCUT2D eigenvalue weighted by Crippen LogP contribution is 2.20. The molecule has 92 valence electrons. The number of non-ortho nitro benzene ring substituents is 1. The number of nitro groups is 1. The van der Waals surface area contributed by atoms with Crippen LogP contribution in [0.25, 0.3) is 11.0 Å². The van der Waals surface area contributed by atoms with Crippen LogP contribution in [0.1, 0.15) is 13.3 Å². The minimum absolute atomic E-state index is 0.0293. The molecule has 1 aromatic carbocycles. The lowest BCUT2D eigenvalue weighted by atomic mass is 10.2. The van der Waals surface area contributed by atoms with Crippen molar-refractivity contribution in [3.63, 3.8) is 0 Å². The number of aromatic nitrogens is 2. The summed E-state index contributed by atoms with van der Waals surface area (Å²) < 4.78 is 0. The fourth-order valence-electron chi connectivity index (χ4n) is 1.61. The van der Waals surface area contributed by atoms with E-state index < -0.39 is 4.92 Å². The minimum atomic E-state index is -0.441. The van der Waals surface area contributed by atoms with E-state index >= 15 is 0 Å². The molecule has 1 unspecified atom stereocenters. The van der Waals surface area contributed by atoms with Gasteiger partial charge in [0.05, 0.1) is 22.0 Å². The third kappa shape index (κ3) is 2.25. The number of anilines is 1. The lowest BCUT2D eigenvalue weighted by Gasteiger charge is -2.07. The molecule has 18 heavy (non-hydrogen) atoms. The lowest BCUT2D eigenvalue weighted by Crippen LogP contribution is -2.16. The summed E-state index contributed by atoms with van der Waals surface area (Å²) in [6, 6.07) is 4.36. The highest BCUT2D eigenvalue weighted by molar-refractivity contribution is 5.79. The maximum absolute atomic E-state index is 10.7. The Bertz CT molecular complexity index is 627. The molecule has 6 heteroatoms. The Labute approximate surface area is 104 Å². The summed E-state index contributed by atoms with van der Waals surface area (Å²) in [4.78, 5) is 17.4. The summed E-state index contributed by atoms with van der Waals surface area (Å²) in [5, 5.41) is 13.7. The van der Waals surface area contributed by atoms with Gasteiger partial charge in [0.1, 0.15) is 0 Å². The third-order valence-corrected chi connectivity index (χ3v) is 2.60. The fraction of sp³-hybridized carbons (Fsp3) is 0.250. The van der Waals surface area contributed by atoms with E-state index in [1.54, 1.807) is 6.07 Å². The second kappa shape index (κ2) is 4.75. The number of rotatable bonds is 4. The number of imidazole rings is 1. The average Bonchev–Trinajstić information content (AvgIpc) is 2.76. The summed E-state index contributed by atoms with van der Waals surface area (Å²) in [6.45, 7) is 1.96. The van der Waals surface area contributed by atoms with Gasteiger partial charge >= 0.3 is 0 Å². The summed E-state index contributed by atoms with van der Waals surface area (Å²) in [7, 11) is 0. The molecule has 0 aliphatic carbocycles. The van der Waals surface area contributed by atoms with Gasteiger partial charge < -0.3 is 10.3 Å². The Morgan fingerprint density at radius 3 is 3.06 bits per heavy atom. The van der Waals surface area contributed by atoms with E-state index in [1.165, 1.54) is 12.1 Å². The van der Waals surface area contributed by atoms with Gasteiger partial charge in [-0.3, -0.25) is 10.1 Å². The van der Waals surface area contributed by atoms with E-state index in [0.717, 1.165) is 6.42 Å². The van der Waals surface area contributed by atoms with Crippen molar-refractivity contribution in [2.45, 2.75) is 19.4 Å². The largest absolute Gasteiger partial charge is 0.342 e. The van der Waals surface area contributed by atoms with Gasteiger partial charge in [0.15, 0.2) is 0 Å². The molecule has 0 saturated heterocycles. The molecule has 2 aromatic rings. The minimum Gasteiger partial charge on any atom is -0.342 e. The van der Waals surface area contributed by atoms with Gasteiger partial charge in [-0.2, -0.15) is 0 Å². The lowest BCUT2D eigenvalue weighted by molar-refractivity contribution is -0.384. The topological polar surface area (TPSA) is 83.8 Å². The van der Waals surface area contributed by atoms with Crippen molar-refractivity contribution >= 4 is 22.7 Å². The van der Waals surface area contributed by atoms with Gasteiger partial charge in [-0.05, 0) is 12.5 Å². The summed E-state index contributed by atoms with van der Waals surface area (Å²) >= 11 is 0. The average molecular weight is 244 g/mol. The standard InChI is InChI=1S/C12H12N4O2/c1-3-8(4-2)13-12-14-10-6-5-9(16(17)18)7-11(10)15-12/h1,5-8H,4H2,2H3,(H2,13,14,15). The quantitative estimate of drug-likeness (QED) is 0.491. The molecule has 2 N–H and O–H groups in total. The molecule has 2 rings (SSSR count). The highest BCUT2D eigenvalue weighted by Gasteiger charge is 2.10. The first-order valence-electron chi connectivity index (χ1n) is 5.51. The van der Waals surface area contributed by atoms with Crippen LogP contribution in [0.4, 0.5) is 11.6 Å². The Kier molecular flexibility index (Phi) is 3.15. The molecule has 0 amide bonds. The second-order valence-corrected chi connectivity index (χ2v) is 3.82. The van der Waals surface area contributed by atoms with Crippen molar-refractivity contribution in [2.75, 3.05) is 5.32 Å². The maximum Gasteiger partial charge on any atom is 0.271 e. The van der Waals surface area contributed by atoms with Gasteiger partial charge in [-0.15, -0.1) is 6.42 Å². The molecule has 0 spiro atoms. The van der Waals surface area contributed by atoms with Gasteiger partial charge in [0.2, 0.25) is 5.95 Å². The van der Waals surface area contributed by atoms with Crippen LogP contribution >= 0.6 is 0 Å². The van der Waals surface area contributed by atoms with Crippen LogP contribution in [0.3, 0.4) is 0 Å². The number of nitrogens with zero attached hydrogens (tertiary/aromatic N) is 2. The van der Waals surface area contributed by atoms with Gasteiger partial charge in [0.25, 0.3) is 5.69 Å². The molecular formula is C12H12N4O2. The van der Waals surface area contributed by atoms with Gasteiger partial charge in [-0.1, -0.05) is 12.8 Å². The Balaban J connectivity index is 2.33. The SMILES string of the molecule is C#CC(CC)Nc1nc2ccc([N+](=O)[O-])cc2[nH]1. The Morgan fingerprint density at radius 1 is 1.67 bits per heavy atom. The molecule has 0 bridgehead atoms.